The van der Waals surface area contributed by atoms with Crippen molar-refractivity contribution in [1.82, 2.24) is 4.90 Å². The van der Waals surface area contributed by atoms with Crippen molar-refractivity contribution in [3.63, 3.8) is 0 Å². The lowest BCUT2D eigenvalue weighted by Crippen LogP contribution is -2.41. The summed E-state index contributed by atoms with van der Waals surface area (Å²) in [7, 11) is 3.85. The van der Waals surface area contributed by atoms with Crippen molar-refractivity contribution in [3.05, 3.63) is 29.8 Å². The first-order chi connectivity index (χ1) is 9.36. The topological polar surface area (TPSA) is 60.9 Å². The number of anilines is 1. The molecule has 1 aromatic carbocycles. The summed E-state index contributed by atoms with van der Waals surface area (Å²) >= 11 is 0. The Balaban J connectivity index is 2.96. The molecule has 110 valence electrons. The van der Waals surface area contributed by atoms with Gasteiger partial charge < -0.3 is 14.9 Å². The Bertz CT molecular complexity index is 469. The molecule has 0 heterocycles. The summed E-state index contributed by atoms with van der Waals surface area (Å²) in [4.78, 5) is 26.7. The van der Waals surface area contributed by atoms with E-state index >= 15 is 0 Å². The number of rotatable bonds is 6. The molecule has 5 heteroatoms. The third-order valence-corrected chi connectivity index (χ3v) is 3.32. The first kappa shape index (κ1) is 16.0. The lowest BCUT2D eigenvalue weighted by Gasteiger charge is -2.27. The number of amides is 1. The van der Waals surface area contributed by atoms with Gasteiger partial charge in [0, 0.05) is 31.4 Å². The van der Waals surface area contributed by atoms with E-state index in [9.17, 15) is 9.59 Å². The van der Waals surface area contributed by atoms with Gasteiger partial charge in [0.15, 0.2) is 0 Å². The Morgan fingerprint density at radius 1 is 1.20 bits per heavy atom. The van der Waals surface area contributed by atoms with Gasteiger partial charge in [0.05, 0.1) is 0 Å². The van der Waals surface area contributed by atoms with Gasteiger partial charge in [-0.25, -0.2) is 0 Å². The third kappa shape index (κ3) is 3.98. The van der Waals surface area contributed by atoms with Crippen LogP contribution >= 0.6 is 0 Å². The van der Waals surface area contributed by atoms with Crippen LogP contribution in [0.4, 0.5) is 5.69 Å². The van der Waals surface area contributed by atoms with Crippen LogP contribution in [-0.4, -0.2) is 48.6 Å². The lowest BCUT2D eigenvalue weighted by molar-refractivity contribution is -0.138. The molecule has 1 amide bonds. The molecule has 1 unspecified atom stereocenters. The molecule has 0 spiro atoms. The summed E-state index contributed by atoms with van der Waals surface area (Å²) in [5.41, 5.74) is 1.51. The highest BCUT2D eigenvalue weighted by atomic mass is 16.4. The van der Waals surface area contributed by atoms with Crippen LogP contribution in [0.5, 0.6) is 0 Å². The zero-order valence-electron chi connectivity index (χ0n) is 12.5. The average Bonchev–Trinajstić information content (AvgIpc) is 2.43. The third-order valence-electron chi connectivity index (χ3n) is 3.32. The fourth-order valence-corrected chi connectivity index (χ4v) is 1.86. The normalized spacial score (nSPS) is 11.8. The van der Waals surface area contributed by atoms with Gasteiger partial charge in [0.2, 0.25) is 0 Å². The van der Waals surface area contributed by atoms with Crippen LogP contribution in [0, 0.1) is 0 Å². The van der Waals surface area contributed by atoms with Crippen LogP contribution in [0.3, 0.4) is 0 Å². The highest BCUT2D eigenvalue weighted by molar-refractivity contribution is 5.96. The smallest absolute Gasteiger partial charge is 0.323 e. The summed E-state index contributed by atoms with van der Waals surface area (Å²) in [5.74, 6) is -1.24. The van der Waals surface area contributed by atoms with E-state index in [-0.39, 0.29) is 18.5 Å². The molecule has 0 aliphatic rings. The van der Waals surface area contributed by atoms with Crippen molar-refractivity contribution in [2.24, 2.45) is 0 Å². The first-order valence-electron chi connectivity index (χ1n) is 6.67. The summed E-state index contributed by atoms with van der Waals surface area (Å²) < 4.78 is 0. The van der Waals surface area contributed by atoms with E-state index in [0.717, 1.165) is 12.1 Å². The number of nitrogens with zero attached hydrogens (tertiary/aromatic N) is 2. The highest BCUT2D eigenvalue weighted by Gasteiger charge is 2.22. The van der Waals surface area contributed by atoms with Gasteiger partial charge in [-0.2, -0.15) is 0 Å². The predicted molar refractivity (Wildman–Crippen MR) is 79.2 cm³/mol. The van der Waals surface area contributed by atoms with Gasteiger partial charge in [-0.05, 0) is 37.6 Å². The van der Waals surface area contributed by atoms with Gasteiger partial charge in [-0.3, -0.25) is 9.59 Å². The van der Waals surface area contributed by atoms with Crippen molar-refractivity contribution in [2.75, 3.05) is 25.5 Å². The summed E-state index contributed by atoms with van der Waals surface area (Å²) in [5, 5.41) is 8.94. The predicted octanol–water partition coefficient (Wildman–Crippen LogP) is 2.08. The Morgan fingerprint density at radius 2 is 1.75 bits per heavy atom. The number of aliphatic carboxylic acids is 1. The summed E-state index contributed by atoms with van der Waals surface area (Å²) in [6, 6.07) is 7.06. The Labute approximate surface area is 119 Å². The molecular formula is C15H22N2O3. The lowest BCUT2D eigenvalue weighted by atomic mass is 10.1. The van der Waals surface area contributed by atoms with E-state index in [4.69, 9.17) is 5.11 Å². The maximum absolute atomic E-state index is 12.4. The van der Waals surface area contributed by atoms with E-state index in [1.165, 1.54) is 4.90 Å². The zero-order chi connectivity index (χ0) is 15.3. The first-order valence-corrected chi connectivity index (χ1v) is 6.67. The molecule has 1 N–H and O–H groups in total. The van der Waals surface area contributed by atoms with Crippen molar-refractivity contribution < 1.29 is 14.7 Å². The molecule has 0 aromatic heterocycles. The van der Waals surface area contributed by atoms with Gasteiger partial charge in [-0.15, -0.1) is 0 Å². The molecule has 20 heavy (non-hydrogen) atoms. The molecule has 0 aliphatic carbocycles. The minimum atomic E-state index is -0.997. The Hall–Kier alpha value is -2.04. The molecule has 0 saturated heterocycles. The number of carbonyl (C=O) groups excluding carboxylic acids is 1. The number of carboxylic acids is 1. The number of benzene rings is 1. The van der Waals surface area contributed by atoms with E-state index in [0.29, 0.717) is 5.56 Å². The monoisotopic (exact) mass is 278 g/mol. The molecule has 0 saturated carbocycles. The van der Waals surface area contributed by atoms with E-state index < -0.39 is 5.97 Å². The zero-order valence-corrected chi connectivity index (χ0v) is 12.5. The Kier molecular flexibility index (Phi) is 5.55. The molecule has 1 rings (SSSR count). The summed E-state index contributed by atoms with van der Waals surface area (Å²) in [6.07, 6.45) is 0.717. The standard InChI is InChI=1S/C15H22N2O3/c1-5-11(2)17(10-14(18)19)15(20)12-6-8-13(9-7-12)16(3)4/h6-9,11H,5,10H2,1-4H3,(H,18,19). The molecule has 0 aliphatic heterocycles. The second-order valence-corrected chi connectivity index (χ2v) is 5.03. The van der Waals surface area contributed by atoms with Crippen molar-refractivity contribution in [2.45, 2.75) is 26.3 Å². The maximum Gasteiger partial charge on any atom is 0.323 e. The molecule has 5 nitrogen and oxygen atoms in total. The average molecular weight is 278 g/mol. The van der Waals surface area contributed by atoms with Gasteiger partial charge in [0.1, 0.15) is 6.54 Å². The van der Waals surface area contributed by atoms with E-state index in [2.05, 4.69) is 0 Å². The van der Waals surface area contributed by atoms with Crippen molar-refractivity contribution >= 4 is 17.6 Å². The quantitative estimate of drug-likeness (QED) is 0.865. The number of carbonyl (C=O) groups is 2. The van der Waals surface area contributed by atoms with Crippen molar-refractivity contribution in [3.8, 4) is 0 Å². The number of hydrogen-bond acceptors (Lipinski definition) is 3. The number of carboxylic acid groups (broad SMARTS) is 1. The van der Waals surface area contributed by atoms with Crippen LogP contribution in [0.15, 0.2) is 24.3 Å². The summed E-state index contributed by atoms with van der Waals surface area (Å²) in [6.45, 7) is 3.51. The molecule has 0 fully saturated rings. The largest absolute Gasteiger partial charge is 0.480 e. The van der Waals surface area contributed by atoms with E-state index in [1.54, 1.807) is 12.1 Å². The van der Waals surface area contributed by atoms with Crippen LogP contribution < -0.4 is 4.90 Å². The highest BCUT2D eigenvalue weighted by Crippen LogP contribution is 2.15. The van der Waals surface area contributed by atoms with Gasteiger partial charge in [-0.1, -0.05) is 6.92 Å². The molecule has 0 bridgehead atoms. The fourth-order valence-electron chi connectivity index (χ4n) is 1.86. The fraction of sp³-hybridized carbons (Fsp3) is 0.467. The SMILES string of the molecule is CCC(C)N(CC(=O)O)C(=O)c1ccc(N(C)C)cc1. The molecular weight excluding hydrogens is 256 g/mol. The van der Waals surface area contributed by atoms with Crippen LogP contribution in [0.2, 0.25) is 0 Å². The molecule has 0 radical (unpaired) electrons. The Morgan fingerprint density at radius 3 is 2.15 bits per heavy atom. The van der Waals surface area contributed by atoms with Crippen LogP contribution in [-0.2, 0) is 4.79 Å². The van der Waals surface area contributed by atoms with E-state index in [1.807, 2.05) is 45.0 Å². The molecule has 1 aromatic rings. The number of hydrogen-bond donors (Lipinski definition) is 1. The molecule has 1 atom stereocenters. The maximum atomic E-state index is 12.4. The van der Waals surface area contributed by atoms with Crippen molar-refractivity contribution in [1.29, 1.82) is 0 Å². The second-order valence-electron chi connectivity index (χ2n) is 5.03. The van der Waals surface area contributed by atoms with Gasteiger partial charge >= 0.3 is 5.97 Å². The minimum Gasteiger partial charge on any atom is -0.480 e. The minimum absolute atomic E-state index is 0.105. The van der Waals surface area contributed by atoms with Crippen LogP contribution in [0.1, 0.15) is 30.6 Å². The van der Waals surface area contributed by atoms with Gasteiger partial charge in [0.25, 0.3) is 5.91 Å². The second kappa shape index (κ2) is 6.93. The van der Waals surface area contributed by atoms with Crippen LogP contribution in [0.25, 0.3) is 0 Å².